The molecule has 3 aromatic rings. The van der Waals surface area contributed by atoms with E-state index in [1.807, 2.05) is 18.3 Å². The zero-order chi connectivity index (χ0) is 22.5. The van der Waals surface area contributed by atoms with E-state index in [9.17, 15) is 19.1 Å². The van der Waals surface area contributed by atoms with E-state index >= 15 is 0 Å². The van der Waals surface area contributed by atoms with E-state index in [1.54, 1.807) is 22.7 Å². The maximum absolute atomic E-state index is 13.5. The lowest BCUT2D eigenvalue weighted by molar-refractivity contribution is -0.143. The van der Waals surface area contributed by atoms with Crippen molar-refractivity contribution in [2.24, 2.45) is 0 Å². The monoisotopic (exact) mass is 424 g/mol. The molecule has 7 heteroatoms. The first-order valence-corrected chi connectivity index (χ1v) is 10.0. The van der Waals surface area contributed by atoms with Gasteiger partial charge in [0.1, 0.15) is 18.0 Å². The summed E-state index contributed by atoms with van der Waals surface area (Å²) in [4.78, 5) is 23.2. The maximum Gasteiger partial charge on any atom is 0.313 e. The molecule has 1 aromatic carbocycles. The van der Waals surface area contributed by atoms with Crippen LogP contribution in [0.1, 0.15) is 43.7 Å². The molecule has 0 saturated carbocycles. The number of hydrogen-bond acceptors (Lipinski definition) is 5. The van der Waals surface area contributed by atoms with Crippen molar-refractivity contribution in [1.82, 2.24) is 9.61 Å². The molecule has 2 aromatic heterocycles. The molecule has 0 aliphatic carbocycles. The normalized spacial score (nSPS) is 12.6. The summed E-state index contributed by atoms with van der Waals surface area (Å²) in [5.74, 6) is -1.25. The van der Waals surface area contributed by atoms with Crippen molar-refractivity contribution in [2.75, 3.05) is 7.11 Å². The number of aromatic nitrogens is 2. The number of benzene rings is 1. The van der Waals surface area contributed by atoms with Gasteiger partial charge in [-0.15, -0.1) is 0 Å². The van der Waals surface area contributed by atoms with Gasteiger partial charge in [-0.3, -0.25) is 9.59 Å². The lowest BCUT2D eigenvalue weighted by Crippen LogP contribution is -2.15. The Kier molecular flexibility index (Phi) is 6.97. The van der Waals surface area contributed by atoms with Gasteiger partial charge in [0, 0.05) is 23.7 Å². The topological polar surface area (TPSA) is 80.9 Å². The van der Waals surface area contributed by atoms with E-state index < -0.39 is 17.9 Å². The van der Waals surface area contributed by atoms with Crippen LogP contribution in [0.2, 0.25) is 0 Å². The van der Waals surface area contributed by atoms with Crippen LogP contribution >= 0.6 is 0 Å². The molecule has 3 rings (SSSR count). The van der Waals surface area contributed by atoms with Gasteiger partial charge in [-0.1, -0.05) is 26.0 Å². The number of aliphatic hydroxyl groups is 1. The molecule has 162 valence electrons. The standard InChI is InChI=1S/C24H25FN2O4/c1-15(2)23-20(11-10-18(28)13-19(29)14-22(30)31-3)24(16-6-8-17(25)9-7-16)26-27-12-4-5-21(23)27/h4-12,15,18,28H,13-14H2,1-3H3/b11-10+. The van der Waals surface area contributed by atoms with Crippen LogP contribution in [0, 0.1) is 5.82 Å². The molecular formula is C24H25FN2O4. The number of esters is 1. The summed E-state index contributed by atoms with van der Waals surface area (Å²) >= 11 is 0. The predicted molar refractivity (Wildman–Crippen MR) is 116 cm³/mol. The number of carbonyl (C=O) groups is 2. The minimum Gasteiger partial charge on any atom is -0.469 e. The Labute approximate surface area is 180 Å². The highest BCUT2D eigenvalue weighted by molar-refractivity contribution is 5.95. The van der Waals surface area contributed by atoms with Crippen molar-refractivity contribution in [3.05, 3.63) is 65.6 Å². The predicted octanol–water partition coefficient (Wildman–Crippen LogP) is 4.16. The van der Waals surface area contributed by atoms with Crippen LogP contribution in [0.15, 0.2) is 48.7 Å². The number of fused-ring (bicyclic) bond motifs is 1. The first-order valence-electron chi connectivity index (χ1n) is 10.0. The Morgan fingerprint density at radius 2 is 1.94 bits per heavy atom. The van der Waals surface area contributed by atoms with Crippen molar-refractivity contribution in [3.8, 4) is 11.3 Å². The van der Waals surface area contributed by atoms with E-state index in [4.69, 9.17) is 5.10 Å². The Hall–Kier alpha value is -3.32. The van der Waals surface area contributed by atoms with Crippen molar-refractivity contribution in [2.45, 2.75) is 38.7 Å². The Morgan fingerprint density at radius 1 is 1.23 bits per heavy atom. The fourth-order valence-electron chi connectivity index (χ4n) is 3.51. The second kappa shape index (κ2) is 9.66. The molecule has 1 unspecified atom stereocenters. The Balaban J connectivity index is 2.02. The second-order valence-electron chi connectivity index (χ2n) is 7.60. The van der Waals surface area contributed by atoms with Gasteiger partial charge in [-0.25, -0.2) is 8.91 Å². The zero-order valence-electron chi connectivity index (χ0n) is 17.7. The third-order valence-electron chi connectivity index (χ3n) is 4.94. The quantitative estimate of drug-likeness (QED) is 0.434. The number of nitrogens with zero attached hydrogens (tertiary/aromatic N) is 2. The molecule has 0 aliphatic rings. The number of methoxy groups -OCH3 is 1. The minimum atomic E-state index is -1.07. The summed E-state index contributed by atoms with van der Waals surface area (Å²) in [7, 11) is 1.21. The van der Waals surface area contributed by atoms with Gasteiger partial charge >= 0.3 is 5.97 Å². The average Bonchev–Trinajstić information content (AvgIpc) is 3.19. The molecule has 0 spiro atoms. The van der Waals surface area contributed by atoms with Gasteiger partial charge in [0.15, 0.2) is 0 Å². The number of Topliss-reactive ketones (excluding diaryl/α,β-unsaturated/α-hetero) is 1. The summed E-state index contributed by atoms with van der Waals surface area (Å²) < 4.78 is 19.7. The van der Waals surface area contributed by atoms with Gasteiger partial charge in [-0.05, 0) is 47.9 Å². The zero-order valence-corrected chi connectivity index (χ0v) is 17.7. The Morgan fingerprint density at radius 3 is 2.58 bits per heavy atom. The molecule has 0 amide bonds. The molecule has 0 fully saturated rings. The number of carbonyl (C=O) groups excluding carboxylic acids is 2. The summed E-state index contributed by atoms with van der Waals surface area (Å²) in [5, 5.41) is 15.0. The van der Waals surface area contributed by atoms with Crippen LogP contribution in [-0.2, 0) is 14.3 Å². The second-order valence-corrected chi connectivity index (χ2v) is 7.60. The average molecular weight is 424 g/mol. The van der Waals surface area contributed by atoms with Crippen LogP contribution in [0.5, 0.6) is 0 Å². The van der Waals surface area contributed by atoms with Crippen LogP contribution in [0.4, 0.5) is 4.39 Å². The molecule has 0 aliphatic heterocycles. The molecular weight excluding hydrogens is 399 g/mol. The highest BCUT2D eigenvalue weighted by Crippen LogP contribution is 2.33. The first-order chi connectivity index (χ1) is 14.8. The molecule has 0 radical (unpaired) electrons. The number of hydrogen-bond donors (Lipinski definition) is 1. The highest BCUT2D eigenvalue weighted by Gasteiger charge is 2.18. The van der Waals surface area contributed by atoms with Crippen molar-refractivity contribution in [3.63, 3.8) is 0 Å². The van der Waals surface area contributed by atoms with Crippen LogP contribution < -0.4 is 0 Å². The van der Waals surface area contributed by atoms with E-state index in [1.165, 1.54) is 25.3 Å². The molecule has 31 heavy (non-hydrogen) atoms. The van der Waals surface area contributed by atoms with Gasteiger partial charge in [-0.2, -0.15) is 5.10 Å². The fraction of sp³-hybridized carbons (Fsp3) is 0.292. The third-order valence-corrected chi connectivity index (χ3v) is 4.94. The highest BCUT2D eigenvalue weighted by atomic mass is 19.1. The van der Waals surface area contributed by atoms with Gasteiger partial charge in [0.05, 0.1) is 24.4 Å². The Bertz CT molecular complexity index is 1120. The molecule has 1 atom stereocenters. The van der Waals surface area contributed by atoms with Gasteiger partial charge in [0.25, 0.3) is 0 Å². The van der Waals surface area contributed by atoms with Gasteiger partial charge < -0.3 is 9.84 Å². The van der Waals surface area contributed by atoms with E-state index in [2.05, 4.69) is 18.6 Å². The number of halogens is 1. The van der Waals surface area contributed by atoms with E-state index in [0.717, 1.165) is 22.2 Å². The molecule has 1 N–H and O–H groups in total. The number of ether oxygens (including phenoxy) is 1. The summed E-state index contributed by atoms with van der Waals surface area (Å²) in [6, 6.07) is 9.93. The van der Waals surface area contributed by atoms with Gasteiger partial charge in [0.2, 0.25) is 0 Å². The van der Waals surface area contributed by atoms with Crippen LogP contribution in [0.25, 0.3) is 22.9 Å². The summed E-state index contributed by atoms with van der Waals surface area (Å²) in [6.07, 6.45) is 3.46. The molecule has 0 saturated heterocycles. The SMILES string of the molecule is COC(=O)CC(=O)CC(O)/C=C/c1c(-c2ccc(F)cc2)nn2cccc2c1C(C)C. The molecule has 0 bridgehead atoms. The summed E-state index contributed by atoms with van der Waals surface area (Å²) in [6.45, 7) is 4.12. The number of ketones is 1. The summed E-state index contributed by atoms with van der Waals surface area (Å²) in [5.41, 5.74) is 4.10. The fourth-order valence-corrected chi connectivity index (χ4v) is 3.51. The van der Waals surface area contributed by atoms with E-state index in [0.29, 0.717) is 5.69 Å². The molecule has 6 nitrogen and oxygen atoms in total. The first kappa shape index (κ1) is 22.4. The van der Waals surface area contributed by atoms with Crippen molar-refractivity contribution in [1.29, 1.82) is 0 Å². The third kappa shape index (κ3) is 5.24. The number of rotatable bonds is 8. The lowest BCUT2D eigenvalue weighted by atomic mass is 9.93. The largest absolute Gasteiger partial charge is 0.469 e. The van der Waals surface area contributed by atoms with Crippen molar-refractivity contribution < 1.29 is 23.8 Å². The van der Waals surface area contributed by atoms with Crippen LogP contribution in [-0.4, -0.2) is 39.7 Å². The smallest absolute Gasteiger partial charge is 0.313 e. The maximum atomic E-state index is 13.5. The van der Waals surface area contributed by atoms with Crippen LogP contribution in [0.3, 0.4) is 0 Å². The minimum absolute atomic E-state index is 0.136. The number of aliphatic hydroxyl groups excluding tert-OH is 1. The van der Waals surface area contributed by atoms with Crippen molar-refractivity contribution >= 4 is 23.3 Å². The lowest BCUT2D eigenvalue weighted by Gasteiger charge is -2.17. The molecule has 2 heterocycles. The van der Waals surface area contributed by atoms with E-state index in [-0.39, 0.29) is 24.6 Å².